The second-order valence-corrected chi connectivity index (χ2v) is 5.36. The van der Waals surface area contributed by atoms with Gasteiger partial charge in [-0.15, -0.1) is 0 Å². The average molecular weight is 267 g/mol. The quantitative estimate of drug-likeness (QED) is 0.851. The third kappa shape index (κ3) is 3.02. The van der Waals surface area contributed by atoms with Gasteiger partial charge in [0.1, 0.15) is 5.15 Å². The van der Waals surface area contributed by atoms with E-state index in [4.69, 9.17) is 11.6 Å². The number of pyridine rings is 1. The molecule has 1 saturated carbocycles. The number of amides is 1. The molecule has 1 unspecified atom stereocenters. The summed E-state index contributed by atoms with van der Waals surface area (Å²) in [6.07, 6.45) is 4.50. The number of nitrogens with zero attached hydrogens (tertiary/aromatic N) is 1. The van der Waals surface area contributed by atoms with Crippen LogP contribution in [0.1, 0.15) is 49.2 Å². The van der Waals surface area contributed by atoms with Gasteiger partial charge in [0.05, 0.1) is 0 Å². The number of aryl methyl sites for hydroxylation is 1. The van der Waals surface area contributed by atoms with Crippen molar-refractivity contribution in [1.82, 2.24) is 10.3 Å². The lowest BCUT2D eigenvalue weighted by Crippen LogP contribution is -2.40. The Labute approximate surface area is 113 Å². The summed E-state index contributed by atoms with van der Waals surface area (Å²) in [7, 11) is 0. The Bertz CT molecular complexity index is 443. The van der Waals surface area contributed by atoms with Crippen molar-refractivity contribution in [2.45, 2.75) is 45.6 Å². The predicted molar refractivity (Wildman–Crippen MR) is 72.9 cm³/mol. The first kappa shape index (κ1) is 13.3. The number of carbonyl (C=O) groups is 1. The van der Waals surface area contributed by atoms with Gasteiger partial charge in [0.25, 0.3) is 5.91 Å². The van der Waals surface area contributed by atoms with Gasteiger partial charge < -0.3 is 5.32 Å². The van der Waals surface area contributed by atoms with E-state index in [0.29, 0.717) is 16.6 Å². The van der Waals surface area contributed by atoms with Crippen LogP contribution in [0.3, 0.4) is 0 Å². The van der Waals surface area contributed by atoms with Gasteiger partial charge >= 0.3 is 0 Å². The summed E-state index contributed by atoms with van der Waals surface area (Å²) in [6, 6.07) is 3.68. The largest absolute Gasteiger partial charge is 0.349 e. The summed E-state index contributed by atoms with van der Waals surface area (Å²) >= 11 is 5.92. The number of hydrogen-bond donors (Lipinski definition) is 1. The summed E-state index contributed by atoms with van der Waals surface area (Å²) in [5.41, 5.74) is 1.46. The van der Waals surface area contributed by atoms with E-state index in [2.05, 4.69) is 17.2 Å². The maximum absolute atomic E-state index is 12.1. The highest BCUT2D eigenvalue weighted by Crippen LogP contribution is 2.29. The van der Waals surface area contributed by atoms with Gasteiger partial charge in [-0.2, -0.15) is 0 Å². The summed E-state index contributed by atoms with van der Waals surface area (Å²) in [5, 5.41) is 3.44. The third-order valence-electron chi connectivity index (χ3n) is 3.69. The number of halogens is 1. The van der Waals surface area contributed by atoms with Crippen molar-refractivity contribution in [2.24, 2.45) is 5.92 Å². The summed E-state index contributed by atoms with van der Waals surface area (Å²) in [4.78, 5) is 16.3. The fraction of sp³-hybridized carbons (Fsp3) is 0.571. The van der Waals surface area contributed by atoms with Crippen LogP contribution in [0.5, 0.6) is 0 Å². The van der Waals surface area contributed by atoms with Crippen LogP contribution in [-0.2, 0) is 6.42 Å². The van der Waals surface area contributed by atoms with E-state index in [1.807, 2.05) is 13.0 Å². The molecule has 3 nitrogen and oxygen atoms in total. The molecule has 1 amide bonds. The third-order valence-corrected chi connectivity index (χ3v) is 3.88. The molecular formula is C14H19ClN2O. The van der Waals surface area contributed by atoms with Crippen molar-refractivity contribution in [3.8, 4) is 0 Å². The standard InChI is InChI=1S/C14H19ClN2O/c1-3-12-7-11(8-13(15)17-12)14(18)16-9(2)10-5-4-6-10/h7-10H,3-6H2,1-2H3,(H,16,18). The second-order valence-electron chi connectivity index (χ2n) is 4.98. The Kier molecular flexibility index (Phi) is 4.23. The molecule has 1 aromatic heterocycles. The molecule has 0 aromatic carbocycles. The van der Waals surface area contributed by atoms with Gasteiger partial charge in [0.15, 0.2) is 0 Å². The minimum atomic E-state index is -0.0478. The van der Waals surface area contributed by atoms with Crippen molar-refractivity contribution < 1.29 is 4.79 Å². The maximum atomic E-state index is 12.1. The number of carbonyl (C=O) groups excluding carboxylic acids is 1. The van der Waals surface area contributed by atoms with Crippen LogP contribution >= 0.6 is 11.6 Å². The molecule has 98 valence electrons. The Balaban J connectivity index is 2.05. The fourth-order valence-electron chi connectivity index (χ4n) is 2.21. The zero-order valence-electron chi connectivity index (χ0n) is 10.9. The predicted octanol–water partition coefficient (Wildman–Crippen LogP) is 3.22. The number of hydrogen-bond acceptors (Lipinski definition) is 2. The minimum absolute atomic E-state index is 0.0478. The van der Waals surface area contributed by atoms with E-state index in [1.165, 1.54) is 19.3 Å². The lowest BCUT2D eigenvalue weighted by Gasteiger charge is -2.31. The normalized spacial score (nSPS) is 17.1. The molecule has 0 saturated heterocycles. The molecule has 1 aliphatic rings. The molecule has 1 aromatic rings. The molecule has 0 spiro atoms. The van der Waals surface area contributed by atoms with Gasteiger partial charge in [-0.25, -0.2) is 4.98 Å². The number of nitrogens with one attached hydrogen (secondary N) is 1. The number of aromatic nitrogens is 1. The van der Waals surface area contributed by atoms with Crippen molar-refractivity contribution >= 4 is 17.5 Å². The molecule has 1 N–H and O–H groups in total. The molecule has 2 rings (SSSR count). The Morgan fingerprint density at radius 2 is 2.28 bits per heavy atom. The highest BCUT2D eigenvalue weighted by Gasteiger charge is 2.25. The maximum Gasteiger partial charge on any atom is 0.251 e. The molecule has 1 heterocycles. The first-order valence-electron chi connectivity index (χ1n) is 6.57. The molecule has 4 heteroatoms. The molecule has 18 heavy (non-hydrogen) atoms. The van der Waals surface area contributed by atoms with Crippen LogP contribution in [0.2, 0.25) is 5.15 Å². The monoisotopic (exact) mass is 266 g/mol. The van der Waals surface area contributed by atoms with Crippen LogP contribution in [-0.4, -0.2) is 16.9 Å². The van der Waals surface area contributed by atoms with Gasteiger partial charge in [-0.1, -0.05) is 24.9 Å². The number of rotatable bonds is 4. The molecule has 0 bridgehead atoms. The van der Waals surface area contributed by atoms with Crippen LogP contribution in [0, 0.1) is 5.92 Å². The SMILES string of the molecule is CCc1cc(C(=O)NC(C)C2CCC2)cc(Cl)n1. The Morgan fingerprint density at radius 3 is 2.83 bits per heavy atom. The summed E-state index contributed by atoms with van der Waals surface area (Å²) in [5.74, 6) is 0.588. The van der Waals surface area contributed by atoms with Crippen molar-refractivity contribution in [3.05, 3.63) is 28.5 Å². The van der Waals surface area contributed by atoms with Gasteiger partial charge in [-0.3, -0.25) is 4.79 Å². The van der Waals surface area contributed by atoms with Crippen molar-refractivity contribution in [3.63, 3.8) is 0 Å². The van der Waals surface area contributed by atoms with E-state index >= 15 is 0 Å². The lowest BCUT2D eigenvalue weighted by atomic mass is 9.80. The molecule has 0 radical (unpaired) electrons. The lowest BCUT2D eigenvalue weighted by molar-refractivity contribution is 0.0909. The topological polar surface area (TPSA) is 42.0 Å². The minimum Gasteiger partial charge on any atom is -0.349 e. The highest BCUT2D eigenvalue weighted by atomic mass is 35.5. The second kappa shape index (κ2) is 5.70. The summed E-state index contributed by atoms with van der Waals surface area (Å²) in [6.45, 7) is 4.07. The van der Waals surface area contributed by atoms with Crippen LogP contribution in [0.15, 0.2) is 12.1 Å². The smallest absolute Gasteiger partial charge is 0.251 e. The van der Waals surface area contributed by atoms with Crippen LogP contribution < -0.4 is 5.32 Å². The van der Waals surface area contributed by atoms with Crippen molar-refractivity contribution in [2.75, 3.05) is 0 Å². The molecule has 0 aliphatic heterocycles. The van der Waals surface area contributed by atoms with E-state index in [-0.39, 0.29) is 11.9 Å². The van der Waals surface area contributed by atoms with E-state index in [0.717, 1.165) is 12.1 Å². The first-order valence-corrected chi connectivity index (χ1v) is 6.95. The van der Waals surface area contributed by atoms with Gasteiger partial charge in [-0.05, 0) is 44.2 Å². The van der Waals surface area contributed by atoms with E-state index < -0.39 is 0 Å². The summed E-state index contributed by atoms with van der Waals surface area (Å²) < 4.78 is 0. The van der Waals surface area contributed by atoms with Crippen LogP contribution in [0.25, 0.3) is 0 Å². The average Bonchev–Trinajstić information content (AvgIpc) is 2.25. The zero-order chi connectivity index (χ0) is 13.1. The zero-order valence-corrected chi connectivity index (χ0v) is 11.6. The Hall–Kier alpha value is -1.09. The van der Waals surface area contributed by atoms with Gasteiger partial charge in [0.2, 0.25) is 0 Å². The van der Waals surface area contributed by atoms with E-state index in [1.54, 1.807) is 6.07 Å². The van der Waals surface area contributed by atoms with Crippen molar-refractivity contribution in [1.29, 1.82) is 0 Å². The van der Waals surface area contributed by atoms with Crippen LogP contribution in [0.4, 0.5) is 0 Å². The van der Waals surface area contributed by atoms with E-state index in [9.17, 15) is 4.79 Å². The fourth-order valence-corrected chi connectivity index (χ4v) is 2.44. The molecule has 1 atom stereocenters. The molecule has 1 fully saturated rings. The highest BCUT2D eigenvalue weighted by molar-refractivity contribution is 6.29. The molecule has 1 aliphatic carbocycles. The first-order chi connectivity index (χ1) is 8.60. The van der Waals surface area contributed by atoms with Gasteiger partial charge in [0, 0.05) is 17.3 Å². The molecular weight excluding hydrogens is 248 g/mol. The Morgan fingerprint density at radius 1 is 1.56 bits per heavy atom.